The van der Waals surface area contributed by atoms with Crippen LogP contribution in [0, 0.1) is 0 Å². The minimum absolute atomic E-state index is 0.169. The molecule has 2 aromatic carbocycles. The van der Waals surface area contributed by atoms with Gasteiger partial charge < -0.3 is 10.6 Å². The molecule has 2 unspecified atom stereocenters. The van der Waals surface area contributed by atoms with Gasteiger partial charge >= 0.3 is 6.18 Å². The second kappa shape index (κ2) is 6.28. The number of carbonyl (C=O) groups is 1. The molecular weight excluding hydrogens is 317 g/mol. The number of fused-ring (bicyclic) bond motifs is 1. The Kier molecular flexibility index (Phi) is 4.32. The topological polar surface area (TPSA) is 41.1 Å². The molecule has 0 spiro atoms. The fourth-order valence-corrected chi connectivity index (χ4v) is 3.07. The van der Waals surface area contributed by atoms with Gasteiger partial charge in [0.25, 0.3) is 0 Å². The summed E-state index contributed by atoms with van der Waals surface area (Å²) in [5.41, 5.74) is 0.777. The number of amides is 1. The number of hydrogen-bond acceptors (Lipinski definition) is 2. The molecule has 3 rings (SSSR count). The van der Waals surface area contributed by atoms with Crippen LogP contribution in [0.25, 0.3) is 0 Å². The van der Waals surface area contributed by atoms with Crippen LogP contribution in [0.4, 0.5) is 18.9 Å². The number of anilines is 1. The van der Waals surface area contributed by atoms with Crippen LogP contribution in [0.3, 0.4) is 0 Å². The Labute approximate surface area is 137 Å². The smallest absolute Gasteiger partial charge is 0.325 e. The van der Waals surface area contributed by atoms with Crippen molar-refractivity contribution < 1.29 is 18.0 Å². The zero-order valence-electron chi connectivity index (χ0n) is 13.0. The van der Waals surface area contributed by atoms with Gasteiger partial charge in [-0.15, -0.1) is 0 Å². The highest BCUT2D eigenvalue weighted by atomic mass is 19.4. The van der Waals surface area contributed by atoms with E-state index < -0.39 is 23.6 Å². The third kappa shape index (κ3) is 3.14. The SMILES string of the molecule is CC1NCc2ccccc2C1C(=O)Nc1ccccc1C(F)(F)F. The molecule has 1 heterocycles. The lowest BCUT2D eigenvalue weighted by atomic mass is 9.84. The molecular formula is C18H17F3N2O. The molecule has 2 atom stereocenters. The maximum atomic E-state index is 13.1. The molecule has 0 aromatic heterocycles. The highest BCUT2D eigenvalue weighted by Gasteiger charge is 2.36. The Morgan fingerprint density at radius 2 is 1.79 bits per heavy atom. The Bertz CT molecular complexity index is 758. The molecule has 0 aliphatic carbocycles. The first-order chi connectivity index (χ1) is 11.4. The molecule has 0 radical (unpaired) electrons. The zero-order valence-corrected chi connectivity index (χ0v) is 13.0. The highest BCUT2D eigenvalue weighted by Crippen LogP contribution is 2.36. The third-order valence-corrected chi connectivity index (χ3v) is 4.28. The summed E-state index contributed by atoms with van der Waals surface area (Å²) in [6.45, 7) is 2.50. The minimum Gasteiger partial charge on any atom is -0.325 e. The van der Waals surface area contributed by atoms with Crippen LogP contribution in [-0.2, 0) is 17.5 Å². The van der Waals surface area contributed by atoms with Gasteiger partial charge in [-0.25, -0.2) is 0 Å². The molecule has 0 saturated carbocycles. The van der Waals surface area contributed by atoms with Crippen LogP contribution in [0.5, 0.6) is 0 Å². The van der Waals surface area contributed by atoms with Gasteiger partial charge in [0.15, 0.2) is 0 Å². The summed E-state index contributed by atoms with van der Waals surface area (Å²) in [5.74, 6) is -0.991. The van der Waals surface area contributed by atoms with Gasteiger partial charge in [0.1, 0.15) is 0 Å². The summed E-state index contributed by atoms with van der Waals surface area (Å²) in [6, 6.07) is 12.3. The number of benzene rings is 2. The van der Waals surface area contributed by atoms with Gasteiger partial charge in [-0.2, -0.15) is 13.2 Å². The summed E-state index contributed by atoms with van der Waals surface area (Å²) in [5, 5.41) is 5.68. The van der Waals surface area contributed by atoms with E-state index in [1.165, 1.54) is 18.2 Å². The van der Waals surface area contributed by atoms with Crippen molar-refractivity contribution in [3.63, 3.8) is 0 Å². The summed E-state index contributed by atoms with van der Waals surface area (Å²) in [7, 11) is 0. The molecule has 0 saturated heterocycles. The molecule has 24 heavy (non-hydrogen) atoms. The van der Waals surface area contributed by atoms with E-state index in [-0.39, 0.29) is 11.7 Å². The average Bonchev–Trinajstić information content (AvgIpc) is 2.54. The first-order valence-corrected chi connectivity index (χ1v) is 7.66. The van der Waals surface area contributed by atoms with Crippen molar-refractivity contribution in [1.29, 1.82) is 0 Å². The molecule has 6 heteroatoms. The van der Waals surface area contributed by atoms with E-state index >= 15 is 0 Å². The Balaban J connectivity index is 1.92. The number of halogens is 3. The van der Waals surface area contributed by atoms with Crippen LogP contribution in [0.1, 0.15) is 29.5 Å². The van der Waals surface area contributed by atoms with Crippen LogP contribution < -0.4 is 10.6 Å². The van der Waals surface area contributed by atoms with E-state index in [4.69, 9.17) is 0 Å². The predicted molar refractivity (Wildman–Crippen MR) is 85.6 cm³/mol. The van der Waals surface area contributed by atoms with Gasteiger partial charge in [-0.05, 0) is 30.2 Å². The summed E-state index contributed by atoms with van der Waals surface area (Å²) >= 11 is 0. The normalized spacial score (nSPS) is 20.3. The van der Waals surface area contributed by atoms with Crippen molar-refractivity contribution in [3.05, 3.63) is 65.2 Å². The van der Waals surface area contributed by atoms with Gasteiger partial charge in [0.2, 0.25) is 5.91 Å². The molecule has 1 aliphatic rings. The Morgan fingerprint density at radius 1 is 1.12 bits per heavy atom. The second-order valence-corrected chi connectivity index (χ2v) is 5.88. The highest BCUT2D eigenvalue weighted by molar-refractivity contribution is 5.97. The lowest BCUT2D eigenvalue weighted by molar-refractivity contribution is -0.137. The average molecular weight is 334 g/mol. The first kappa shape index (κ1) is 16.5. The standard InChI is InChI=1S/C18H17F3N2O/c1-11-16(13-7-3-2-6-12(13)10-22-11)17(24)23-15-9-5-4-8-14(15)18(19,20)21/h2-9,11,16,22H,10H2,1H3,(H,23,24). The van der Waals surface area contributed by atoms with E-state index in [1.807, 2.05) is 31.2 Å². The van der Waals surface area contributed by atoms with E-state index in [0.29, 0.717) is 6.54 Å². The van der Waals surface area contributed by atoms with E-state index in [1.54, 1.807) is 0 Å². The Hall–Kier alpha value is -2.34. The van der Waals surface area contributed by atoms with Crippen molar-refractivity contribution in [1.82, 2.24) is 5.32 Å². The van der Waals surface area contributed by atoms with Crippen LogP contribution in [0.15, 0.2) is 48.5 Å². The van der Waals surface area contributed by atoms with Crippen LogP contribution >= 0.6 is 0 Å². The van der Waals surface area contributed by atoms with Crippen molar-refractivity contribution in [2.45, 2.75) is 31.6 Å². The quantitative estimate of drug-likeness (QED) is 0.874. The number of carbonyl (C=O) groups excluding carboxylic acids is 1. The molecule has 1 aliphatic heterocycles. The second-order valence-electron chi connectivity index (χ2n) is 5.88. The fraction of sp³-hybridized carbons (Fsp3) is 0.278. The fourth-order valence-electron chi connectivity index (χ4n) is 3.07. The molecule has 0 bridgehead atoms. The Morgan fingerprint density at radius 3 is 2.54 bits per heavy atom. The van der Waals surface area contributed by atoms with Crippen molar-refractivity contribution in [2.75, 3.05) is 5.32 Å². The molecule has 1 amide bonds. The maximum Gasteiger partial charge on any atom is 0.418 e. The maximum absolute atomic E-state index is 13.1. The van der Waals surface area contributed by atoms with Crippen LogP contribution in [0.2, 0.25) is 0 Å². The van der Waals surface area contributed by atoms with E-state index in [9.17, 15) is 18.0 Å². The molecule has 3 nitrogen and oxygen atoms in total. The lowest BCUT2D eigenvalue weighted by Crippen LogP contribution is -2.42. The summed E-state index contributed by atoms with van der Waals surface area (Å²) in [4.78, 5) is 12.7. The third-order valence-electron chi connectivity index (χ3n) is 4.28. The molecule has 2 N–H and O–H groups in total. The molecule has 2 aromatic rings. The predicted octanol–water partition coefficient (Wildman–Crippen LogP) is 3.92. The summed E-state index contributed by atoms with van der Waals surface area (Å²) in [6.07, 6.45) is -4.52. The van der Waals surface area contributed by atoms with Crippen LogP contribution in [-0.4, -0.2) is 11.9 Å². The van der Waals surface area contributed by atoms with Crippen molar-refractivity contribution in [2.24, 2.45) is 0 Å². The number of hydrogen-bond donors (Lipinski definition) is 2. The van der Waals surface area contributed by atoms with E-state index in [2.05, 4.69) is 10.6 Å². The largest absolute Gasteiger partial charge is 0.418 e. The zero-order chi connectivity index (χ0) is 17.3. The number of para-hydroxylation sites is 1. The summed E-state index contributed by atoms with van der Waals surface area (Å²) < 4.78 is 39.3. The van der Waals surface area contributed by atoms with Gasteiger partial charge in [-0.3, -0.25) is 4.79 Å². The van der Waals surface area contributed by atoms with Crippen molar-refractivity contribution in [3.8, 4) is 0 Å². The molecule has 0 fully saturated rings. The monoisotopic (exact) mass is 334 g/mol. The van der Waals surface area contributed by atoms with Gasteiger partial charge in [-0.1, -0.05) is 36.4 Å². The molecule has 126 valence electrons. The number of rotatable bonds is 2. The number of alkyl halides is 3. The minimum atomic E-state index is -4.52. The van der Waals surface area contributed by atoms with E-state index in [0.717, 1.165) is 17.2 Å². The van der Waals surface area contributed by atoms with Gasteiger partial charge in [0.05, 0.1) is 17.2 Å². The number of nitrogens with one attached hydrogen (secondary N) is 2. The van der Waals surface area contributed by atoms with Gasteiger partial charge in [0, 0.05) is 12.6 Å². The first-order valence-electron chi connectivity index (χ1n) is 7.66. The lowest BCUT2D eigenvalue weighted by Gasteiger charge is -2.31. The van der Waals surface area contributed by atoms with Crippen molar-refractivity contribution >= 4 is 11.6 Å².